The van der Waals surface area contributed by atoms with Crippen LogP contribution in [0.15, 0.2) is 35.1 Å². The summed E-state index contributed by atoms with van der Waals surface area (Å²) in [5.41, 5.74) is 0.273. The minimum Gasteiger partial charge on any atom is -0.467 e. The SMILES string of the molecule is OCc1ccnc(N(Cc2ccco2)C2CC2)c1F. The Kier molecular flexibility index (Phi) is 3.21. The number of aliphatic hydroxyl groups is 1. The quantitative estimate of drug-likeness (QED) is 0.899. The van der Waals surface area contributed by atoms with Crippen molar-refractivity contribution in [2.45, 2.75) is 32.0 Å². The molecule has 0 amide bonds. The van der Waals surface area contributed by atoms with Crippen LogP contribution in [0.4, 0.5) is 10.2 Å². The van der Waals surface area contributed by atoms with Gasteiger partial charge in [-0.25, -0.2) is 9.37 Å². The highest BCUT2D eigenvalue weighted by Gasteiger charge is 2.32. The number of anilines is 1. The maximum Gasteiger partial charge on any atom is 0.171 e. The van der Waals surface area contributed by atoms with Gasteiger partial charge >= 0.3 is 0 Å². The third-order valence-electron chi connectivity index (χ3n) is 3.29. The largest absolute Gasteiger partial charge is 0.467 e. The van der Waals surface area contributed by atoms with E-state index in [1.807, 2.05) is 17.0 Å². The van der Waals surface area contributed by atoms with Gasteiger partial charge in [0.1, 0.15) is 5.76 Å². The van der Waals surface area contributed by atoms with E-state index in [1.54, 1.807) is 6.26 Å². The molecule has 1 fully saturated rings. The number of aliphatic hydroxyl groups excluding tert-OH is 1. The van der Waals surface area contributed by atoms with E-state index < -0.39 is 5.82 Å². The molecule has 2 aromatic rings. The molecular weight excluding hydrogens is 247 g/mol. The van der Waals surface area contributed by atoms with Crippen molar-refractivity contribution < 1.29 is 13.9 Å². The summed E-state index contributed by atoms with van der Waals surface area (Å²) in [6, 6.07) is 5.48. The summed E-state index contributed by atoms with van der Waals surface area (Å²) >= 11 is 0. The molecule has 100 valence electrons. The molecule has 3 rings (SSSR count). The van der Waals surface area contributed by atoms with Gasteiger partial charge in [0, 0.05) is 17.8 Å². The predicted octanol–water partition coefficient (Wildman–Crippen LogP) is 2.48. The molecule has 2 aromatic heterocycles. The summed E-state index contributed by atoms with van der Waals surface area (Å²) in [7, 11) is 0. The van der Waals surface area contributed by atoms with Gasteiger partial charge in [-0.15, -0.1) is 0 Å². The smallest absolute Gasteiger partial charge is 0.171 e. The Bertz CT molecular complexity index is 553. The molecule has 19 heavy (non-hydrogen) atoms. The van der Waals surface area contributed by atoms with Gasteiger partial charge in [0.15, 0.2) is 11.6 Å². The zero-order chi connectivity index (χ0) is 13.2. The van der Waals surface area contributed by atoms with Crippen molar-refractivity contribution in [2.75, 3.05) is 4.90 Å². The number of furan rings is 1. The number of rotatable bonds is 5. The first-order valence-corrected chi connectivity index (χ1v) is 6.33. The third-order valence-corrected chi connectivity index (χ3v) is 3.29. The summed E-state index contributed by atoms with van der Waals surface area (Å²) in [5.74, 6) is 0.636. The molecule has 0 unspecified atom stereocenters. The van der Waals surface area contributed by atoms with Crippen molar-refractivity contribution in [1.82, 2.24) is 4.98 Å². The van der Waals surface area contributed by atoms with Crippen molar-refractivity contribution in [2.24, 2.45) is 0 Å². The Labute approximate surface area is 110 Å². The summed E-state index contributed by atoms with van der Waals surface area (Å²) in [4.78, 5) is 6.04. The summed E-state index contributed by atoms with van der Waals surface area (Å²) in [6.45, 7) is 0.178. The molecule has 0 aliphatic heterocycles. The van der Waals surface area contributed by atoms with E-state index in [1.165, 1.54) is 12.3 Å². The minimum absolute atomic E-state index is 0.273. The number of nitrogens with zero attached hydrogens (tertiary/aromatic N) is 2. The maximum atomic E-state index is 14.2. The van der Waals surface area contributed by atoms with Gasteiger partial charge in [-0.2, -0.15) is 0 Å². The predicted molar refractivity (Wildman–Crippen MR) is 68.0 cm³/mol. The highest BCUT2D eigenvalue weighted by molar-refractivity contribution is 5.45. The van der Waals surface area contributed by atoms with Gasteiger partial charge < -0.3 is 14.4 Å². The molecule has 0 spiro atoms. The number of hydrogen-bond acceptors (Lipinski definition) is 4. The van der Waals surface area contributed by atoms with E-state index in [-0.39, 0.29) is 12.2 Å². The number of hydrogen-bond donors (Lipinski definition) is 1. The molecule has 5 heteroatoms. The van der Waals surface area contributed by atoms with E-state index in [0.29, 0.717) is 18.4 Å². The lowest BCUT2D eigenvalue weighted by Crippen LogP contribution is -2.27. The van der Waals surface area contributed by atoms with E-state index in [4.69, 9.17) is 9.52 Å². The van der Waals surface area contributed by atoms with Crippen LogP contribution in [0.3, 0.4) is 0 Å². The van der Waals surface area contributed by atoms with Crippen molar-refractivity contribution in [3.8, 4) is 0 Å². The molecule has 0 atom stereocenters. The van der Waals surface area contributed by atoms with Crippen LogP contribution in [-0.2, 0) is 13.2 Å². The first kappa shape index (κ1) is 12.2. The summed E-state index contributed by atoms with van der Waals surface area (Å²) in [6.07, 6.45) is 5.20. The molecule has 0 aromatic carbocycles. The van der Waals surface area contributed by atoms with Gasteiger partial charge in [0.2, 0.25) is 0 Å². The van der Waals surface area contributed by atoms with E-state index >= 15 is 0 Å². The van der Waals surface area contributed by atoms with Crippen molar-refractivity contribution in [1.29, 1.82) is 0 Å². The van der Waals surface area contributed by atoms with Crippen molar-refractivity contribution >= 4 is 5.82 Å². The fraction of sp³-hybridized carbons (Fsp3) is 0.357. The van der Waals surface area contributed by atoms with Crippen LogP contribution in [0.1, 0.15) is 24.2 Å². The van der Waals surface area contributed by atoms with Crippen LogP contribution in [0.2, 0.25) is 0 Å². The normalized spacial score (nSPS) is 14.6. The Morgan fingerprint density at radius 3 is 2.89 bits per heavy atom. The molecule has 1 saturated carbocycles. The molecule has 1 aliphatic rings. The lowest BCUT2D eigenvalue weighted by atomic mass is 10.2. The van der Waals surface area contributed by atoms with Gasteiger partial charge in [0.25, 0.3) is 0 Å². The fourth-order valence-corrected chi connectivity index (χ4v) is 2.13. The van der Waals surface area contributed by atoms with Crippen LogP contribution in [0, 0.1) is 5.82 Å². The van der Waals surface area contributed by atoms with E-state index in [9.17, 15) is 4.39 Å². The molecule has 0 saturated heterocycles. The molecular formula is C14H15FN2O2. The van der Waals surface area contributed by atoms with E-state index in [2.05, 4.69) is 4.98 Å². The standard InChI is InChI=1S/C14H15FN2O2/c15-13-10(9-18)5-6-16-14(13)17(11-3-4-11)8-12-2-1-7-19-12/h1-2,5-7,11,18H,3-4,8-9H2. The van der Waals surface area contributed by atoms with Crippen molar-refractivity contribution in [3.63, 3.8) is 0 Å². The zero-order valence-corrected chi connectivity index (χ0v) is 10.4. The second-order valence-corrected chi connectivity index (χ2v) is 4.70. The Morgan fingerprint density at radius 2 is 2.26 bits per heavy atom. The molecule has 2 heterocycles. The van der Waals surface area contributed by atoms with Crippen LogP contribution in [0.5, 0.6) is 0 Å². The highest BCUT2D eigenvalue weighted by atomic mass is 19.1. The molecule has 4 nitrogen and oxygen atoms in total. The number of halogens is 1. The summed E-state index contributed by atoms with van der Waals surface area (Å²) < 4.78 is 19.6. The van der Waals surface area contributed by atoms with Crippen molar-refractivity contribution in [3.05, 3.63) is 47.8 Å². The monoisotopic (exact) mass is 262 g/mol. The topological polar surface area (TPSA) is 49.5 Å². The first-order valence-electron chi connectivity index (χ1n) is 6.33. The van der Waals surface area contributed by atoms with Gasteiger partial charge in [0.05, 0.1) is 19.4 Å². The minimum atomic E-state index is -0.441. The maximum absolute atomic E-state index is 14.2. The average molecular weight is 262 g/mol. The molecule has 1 aliphatic carbocycles. The average Bonchev–Trinajstić information content (AvgIpc) is 3.14. The van der Waals surface area contributed by atoms with Crippen LogP contribution in [-0.4, -0.2) is 16.1 Å². The number of aromatic nitrogens is 1. The Balaban J connectivity index is 1.92. The lowest BCUT2D eigenvalue weighted by Gasteiger charge is -2.23. The van der Waals surface area contributed by atoms with Gasteiger partial charge in [-0.05, 0) is 31.0 Å². The molecule has 1 N–H and O–H groups in total. The second kappa shape index (κ2) is 5.01. The second-order valence-electron chi connectivity index (χ2n) is 4.70. The lowest BCUT2D eigenvalue weighted by molar-refractivity contribution is 0.275. The fourth-order valence-electron chi connectivity index (χ4n) is 2.13. The molecule has 0 radical (unpaired) electrons. The van der Waals surface area contributed by atoms with Gasteiger partial charge in [-0.1, -0.05) is 0 Å². The first-order chi connectivity index (χ1) is 9.29. The van der Waals surface area contributed by atoms with Crippen LogP contribution in [0.25, 0.3) is 0 Å². The van der Waals surface area contributed by atoms with Crippen LogP contribution >= 0.6 is 0 Å². The van der Waals surface area contributed by atoms with Gasteiger partial charge in [-0.3, -0.25) is 0 Å². The molecule has 0 bridgehead atoms. The van der Waals surface area contributed by atoms with Crippen LogP contribution < -0.4 is 4.90 Å². The number of pyridine rings is 1. The Hall–Kier alpha value is -1.88. The zero-order valence-electron chi connectivity index (χ0n) is 10.4. The van der Waals surface area contributed by atoms with E-state index in [0.717, 1.165) is 18.6 Å². The third kappa shape index (κ3) is 2.46. The summed E-state index contributed by atoms with van der Waals surface area (Å²) in [5, 5.41) is 9.13. The Morgan fingerprint density at radius 1 is 1.42 bits per heavy atom. The highest BCUT2D eigenvalue weighted by Crippen LogP contribution is 2.34.